The number of hydrogen-bond donors (Lipinski definition) is 2. The summed E-state index contributed by atoms with van der Waals surface area (Å²) in [5.41, 5.74) is 6.82. The van der Waals surface area contributed by atoms with E-state index in [4.69, 9.17) is 10.9 Å². The Morgan fingerprint density at radius 2 is 1.76 bits per heavy atom. The van der Waals surface area contributed by atoms with E-state index in [0.29, 0.717) is 5.84 Å². The molecule has 1 aromatic rings. The zero-order chi connectivity index (χ0) is 12.3. The number of nitrogens with two attached hydrogens (primary N) is 1. The van der Waals surface area contributed by atoms with Crippen LogP contribution in [0.2, 0.25) is 0 Å². The Hall–Kier alpha value is -1.03. The van der Waals surface area contributed by atoms with Crippen molar-refractivity contribution in [2.45, 2.75) is 37.5 Å². The number of rotatable bonds is 2. The predicted molar refractivity (Wildman–Crippen MR) is 72.3 cm³/mol. The highest BCUT2D eigenvalue weighted by molar-refractivity contribution is 9.10. The minimum absolute atomic E-state index is 0.270. The normalized spacial score (nSPS) is 20.2. The highest BCUT2D eigenvalue weighted by atomic mass is 79.9. The molecule has 2 rings (SSSR count). The standard InChI is InChI=1S/C13H17BrN2O/c14-11-6-4-10(5-7-11)13(12(15)16-17)8-2-1-3-9-13/h4-7,17H,1-3,8-9H2,(H2,15,16). The summed E-state index contributed by atoms with van der Waals surface area (Å²) >= 11 is 3.43. The lowest BCUT2D eigenvalue weighted by Crippen LogP contribution is -2.43. The summed E-state index contributed by atoms with van der Waals surface area (Å²) in [6, 6.07) is 8.15. The van der Waals surface area contributed by atoms with Crippen molar-refractivity contribution < 1.29 is 5.21 Å². The molecule has 3 N–H and O–H groups in total. The van der Waals surface area contributed by atoms with Crippen LogP contribution in [0, 0.1) is 0 Å². The number of halogens is 1. The first-order valence-corrected chi connectivity index (χ1v) is 6.72. The summed E-state index contributed by atoms with van der Waals surface area (Å²) in [5, 5.41) is 12.3. The van der Waals surface area contributed by atoms with Crippen molar-refractivity contribution in [2.24, 2.45) is 10.9 Å². The number of nitrogens with zero attached hydrogens (tertiary/aromatic N) is 1. The molecule has 1 aliphatic rings. The molecule has 92 valence electrons. The van der Waals surface area contributed by atoms with E-state index in [1.807, 2.05) is 12.1 Å². The van der Waals surface area contributed by atoms with E-state index in [9.17, 15) is 0 Å². The van der Waals surface area contributed by atoms with Gasteiger partial charge < -0.3 is 10.9 Å². The molecule has 0 aliphatic heterocycles. The molecular formula is C13H17BrN2O. The monoisotopic (exact) mass is 296 g/mol. The third kappa shape index (κ3) is 2.32. The van der Waals surface area contributed by atoms with Gasteiger partial charge in [-0.3, -0.25) is 0 Å². The van der Waals surface area contributed by atoms with Gasteiger partial charge in [0.2, 0.25) is 0 Å². The Balaban J connectivity index is 2.42. The quantitative estimate of drug-likeness (QED) is 0.380. The predicted octanol–water partition coefficient (Wildman–Crippen LogP) is 3.40. The fourth-order valence-electron chi connectivity index (χ4n) is 2.71. The Labute approximate surface area is 110 Å². The maximum atomic E-state index is 9.02. The van der Waals surface area contributed by atoms with Gasteiger partial charge in [-0.1, -0.05) is 52.5 Å². The lowest BCUT2D eigenvalue weighted by Gasteiger charge is -2.36. The van der Waals surface area contributed by atoms with Gasteiger partial charge in [0.05, 0.1) is 5.41 Å². The highest BCUT2D eigenvalue weighted by Gasteiger charge is 2.38. The fraction of sp³-hybridized carbons (Fsp3) is 0.462. The van der Waals surface area contributed by atoms with Crippen molar-refractivity contribution >= 4 is 21.8 Å². The molecular weight excluding hydrogens is 280 g/mol. The third-order valence-corrected chi connectivity index (χ3v) is 4.23. The molecule has 17 heavy (non-hydrogen) atoms. The summed E-state index contributed by atoms with van der Waals surface area (Å²) in [5.74, 6) is 0.347. The van der Waals surface area contributed by atoms with Crippen LogP contribution < -0.4 is 5.73 Å². The number of benzene rings is 1. The van der Waals surface area contributed by atoms with E-state index in [1.165, 1.54) is 6.42 Å². The molecule has 1 fully saturated rings. The largest absolute Gasteiger partial charge is 0.409 e. The lowest BCUT2D eigenvalue weighted by atomic mass is 9.68. The fourth-order valence-corrected chi connectivity index (χ4v) is 2.98. The van der Waals surface area contributed by atoms with Gasteiger partial charge in [0, 0.05) is 4.47 Å². The molecule has 1 aliphatic carbocycles. The molecule has 0 atom stereocenters. The third-order valence-electron chi connectivity index (χ3n) is 3.70. The van der Waals surface area contributed by atoms with Crippen LogP contribution >= 0.6 is 15.9 Å². The SMILES string of the molecule is N/C(=N\O)C1(c2ccc(Br)cc2)CCCCC1. The second-order valence-electron chi connectivity index (χ2n) is 4.63. The molecule has 0 aromatic heterocycles. The molecule has 0 amide bonds. The van der Waals surface area contributed by atoms with E-state index in [1.54, 1.807) is 0 Å². The average Bonchev–Trinajstić information content (AvgIpc) is 2.39. The molecule has 3 nitrogen and oxygen atoms in total. The van der Waals surface area contributed by atoms with Gasteiger partial charge in [-0.25, -0.2) is 0 Å². The first-order chi connectivity index (χ1) is 8.19. The van der Waals surface area contributed by atoms with Crippen LogP contribution in [0.25, 0.3) is 0 Å². The molecule has 0 bridgehead atoms. The Bertz CT molecular complexity index is 408. The molecule has 0 spiro atoms. The van der Waals surface area contributed by atoms with E-state index < -0.39 is 0 Å². The molecule has 4 heteroatoms. The number of hydrogen-bond acceptors (Lipinski definition) is 2. The smallest absolute Gasteiger partial charge is 0.149 e. The van der Waals surface area contributed by atoms with Crippen LogP contribution in [-0.4, -0.2) is 11.0 Å². The minimum atomic E-state index is -0.270. The van der Waals surface area contributed by atoms with Crippen LogP contribution in [0.15, 0.2) is 33.9 Å². The molecule has 1 saturated carbocycles. The van der Waals surface area contributed by atoms with Gasteiger partial charge in [0.25, 0.3) is 0 Å². The topological polar surface area (TPSA) is 58.6 Å². The van der Waals surface area contributed by atoms with E-state index in [0.717, 1.165) is 35.7 Å². The molecule has 0 unspecified atom stereocenters. The molecule has 1 aromatic carbocycles. The summed E-state index contributed by atoms with van der Waals surface area (Å²) in [6.45, 7) is 0. The Morgan fingerprint density at radius 3 is 2.29 bits per heavy atom. The van der Waals surface area contributed by atoms with Crippen LogP contribution in [0.5, 0.6) is 0 Å². The summed E-state index contributed by atoms with van der Waals surface area (Å²) in [4.78, 5) is 0. The van der Waals surface area contributed by atoms with Crippen molar-refractivity contribution in [1.29, 1.82) is 0 Å². The Morgan fingerprint density at radius 1 is 1.18 bits per heavy atom. The van der Waals surface area contributed by atoms with Gasteiger partial charge in [-0.05, 0) is 30.5 Å². The van der Waals surface area contributed by atoms with Crippen molar-refractivity contribution in [1.82, 2.24) is 0 Å². The summed E-state index contributed by atoms with van der Waals surface area (Å²) in [6.07, 6.45) is 5.42. The van der Waals surface area contributed by atoms with Gasteiger partial charge in [0.15, 0.2) is 0 Å². The van der Waals surface area contributed by atoms with Crippen LogP contribution in [-0.2, 0) is 5.41 Å². The van der Waals surface area contributed by atoms with Gasteiger partial charge in [0.1, 0.15) is 5.84 Å². The van der Waals surface area contributed by atoms with Gasteiger partial charge in [-0.15, -0.1) is 0 Å². The average molecular weight is 297 g/mol. The zero-order valence-corrected chi connectivity index (χ0v) is 11.3. The second-order valence-corrected chi connectivity index (χ2v) is 5.55. The maximum absolute atomic E-state index is 9.02. The first kappa shape index (κ1) is 12.4. The first-order valence-electron chi connectivity index (χ1n) is 5.93. The molecule has 0 heterocycles. The van der Waals surface area contributed by atoms with E-state index >= 15 is 0 Å². The molecule has 0 radical (unpaired) electrons. The van der Waals surface area contributed by atoms with Crippen LogP contribution in [0.4, 0.5) is 0 Å². The molecule has 0 saturated heterocycles. The van der Waals surface area contributed by atoms with Crippen molar-refractivity contribution in [3.8, 4) is 0 Å². The van der Waals surface area contributed by atoms with Gasteiger partial charge in [-0.2, -0.15) is 0 Å². The van der Waals surface area contributed by atoms with Crippen molar-refractivity contribution in [2.75, 3.05) is 0 Å². The maximum Gasteiger partial charge on any atom is 0.149 e. The van der Waals surface area contributed by atoms with E-state index in [-0.39, 0.29) is 5.41 Å². The second kappa shape index (κ2) is 5.08. The summed E-state index contributed by atoms with van der Waals surface area (Å²) < 4.78 is 1.05. The van der Waals surface area contributed by atoms with Crippen molar-refractivity contribution in [3.05, 3.63) is 34.3 Å². The van der Waals surface area contributed by atoms with Crippen LogP contribution in [0.1, 0.15) is 37.7 Å². The zero-order valence-electron chi connectivity index (χ0n) is 9.69. The lowest BCUT2D eigenvalue weighted by molar-refractivity contribution is 0.300. The van der Waals surface area contributed by atoms with Crippen molar-refractivity contribution in [3.63, 3.8) is 0 Å². The summed E-state index contributed by atoms with van der Waals surface area (Å²) in [7, 11) is 0. The van der Waals surface area contributed by atoms with Gasteiger partial charge >= 0.3 is 0 Å². The van der Waals surface area contributed by atoms with E-state index in [2.05, 4.69) is 33.2 Å². The number of oxime groups is 1. The van der Waals surface area contributed by atoms with Crippen LogP contribution in [0.3, 0.4) is 0 Å². The Kier molecular flexibility index (Phi) is 3.72. The minimum Gasteiger partial charge on any atom is -0.409 e. The number of amidine groups is 1. The highest BCUT2D eigenvalue weighted by Crippen LogP contribution is 2.40.